The highest BCUT2D eigenvalue weighted by molar-refractivity contribution is 5.82. The van der Waals surface area contributed by atoms with E-state index < -0.39 is 11.6 Å². The lowest BCUT2D eigenvalue weighted by atomic mass is 10.1. The average molecular weight is 200 g/mol. The molecule has 1 rings (SSSR count). The van der Waals surface area contributed by atoms with Crippen molar-refractivity contribution < 1.29 is 9.90 Å². The van der Waals surface area contributed by atoms with E-state index >= 15 is 0 Å². The molecule has 3 N–H and O–H groups in total. The van der Waals surface area contributed by atoms with E-state index in [0.29, 0.717) is 19.5 Å². The van der Waals surface area contributed by atoms with Crippen molar-refractivity contribution >= 4 is 5.91 Å². The summed E-state index contributed by atoms with van der Waals surface area (Å²) in [7, 11) is 0. The molecule has 2 atom stereocenters. The summed E-state index contributed by atoms with van der Waals surface area (Å²) in [5.41, 5.74) is 5.00. The van der Waals surface area contributed by atoms with Gasteiger partial charge in [-0.15, -0.1) is 0 Å². The molecule has 1 saturated heterocycles. The van der Waals surface area contributed by atoms with E-state index in [1.165, 1.54) is 0 Å². The normalized spacial score (nSPS) is 29.3. The fraction of sp³-hybridized carbons (Fsp3) is 0.900. The predicted octanol–water partition coefficient (Wildman–Crippen LogP) is 0.0971. The van der Waals surface area contributed by atoms with Gasteiger partial charge >= 0.3 is 0 Å². The first-order valence-electron chi connectivity index (χ1n) is 5.23. The average Bonchev–Trinajstić information content (AvgIpc) is 2.45. The van der Waals surface area contributed by atoms with Crippen LogP contribution in [0.3, 0.4) is 0 Å². The van der Waals surface area contributed by atoms with Gasteiger partial charge in [0.2, 0.25) is 5.91 Å². The molecule has 0 saturated carbocycles. The highest BCUT2D eigenvalue weighted by atomic mass is 16.3. The maximum absolute atomic E-state index is 11.7. The number of hydrogen-bond donors (Lipinski definition) is 2. The van der Waals surface area contributed by atoms with Crippen molar-refractivity contribution in [3.63, 3.8) is 0 Å². The van der Waals surface area contributed by atoms with Gasteiger partial charge in [-0.05, 0) is 19.8 Å². The fourth-order valence-electron chi connectivity index (χ4n) is 1.80. The van der Waals surface area contributed by atoms with E-state index in [0.717, 1.165) is 12.8 Å². The number of carbonyl (C=O) groups excluding carboxylic acids is 1. The van der Waals surface area contributed by atoms with Crippen LogP contribution < -0.4 is 5.73 Å². The zero-order valence-electron chi connectivity index (χ0n) is 8.99. The van der Waals surface area contributed by atoms with Crippen molar-refractivity contribution in [1.29, 1.82) is 0 Å². The number of hydrogen-bond acceptors (Lipinski definition) is 3. The Kier molecular flexibility index (Phi) is 3.50. The lowest BCUT2D eigenvalue weighted by Gasteiger charge is -2.22. The van der Waals surface area contributed by atoms with Crippen LogP contribution in [0.5, 0.6) is 0 Å². The standard InChI is InChI=1S/C10H20N2O2/c1-3-4-8(11)9(13)12-6-5-10(2,14)7-12/h8,14H,3-7,11H2,1-2H3/t8-,10?/m0/s1. The van der Waals surface area contributed by atoms with Crippen LogP contribution in [0.2, 0.25) is 0 Å². The highest BCUT2D eigenvalue weighted by Gasteiger charge is 2.35. The van der Waals surface area contributed by atoms with Crippen LogP contribution in [-0.4, -0.2) is 40.6 Å². The summed E-state index contributed by atoms with van der Waals surface area (Å²) in [4.78, 5) is 13.4. The molecular weight excluding hydrogens is 180 g/mol. The Hall–Kier alpha value is -0.610. The van der Waals surface area contributed by atoms with E-state index in [2.05, 4.69) is 0 Å². The molecule has 0 bridgehead atoms. The Morgan fingerprint density at radius 2 is 2.36 bits per heavy atom. The summed E-state index contributed by atoms with van der Waals surface area (Å²) in [6, 6.07) is -0.395. The monoisotopic (exact) mass is 200 g/mol. The minimum absolute atomic E-state index is 0.0235. The predicted molar refractivity (Wildman–Crippen MR) is 54.7 cm³/mol. The molecule has 0 spiro atoms. The molecule has 0 aromatic heterocycles. The van der Waals surface area contributed by atoms with Gasteiger partial charge in [0, 0.05) is 13.1 Å². The zero-order valence-corrected chi connectivity index (χ0v) is 8.99. The minimum Gasteiger partial charge on any atom is -0.388 e. The second kappa shape index (κ2) is 4.28. The first-order valence-corrected chi connectivity index (χ1v) is 5.23. The van der Waals surface area contributed by atoms with Gasteiger partial charge in [-0.2, -0.15) is 0 Å². The third-order valence-corrected chi connectivity index (χ3v) is 2.68. The van der Waals surface area contributed by atoms with Gasteiger partial charge in [0.15, 0.2) is 0 Å². The lowest BCUT2D eigenvalue weighted by Crippen LogP contribution is -2.44. The molecule has 1 amide bonds. The summed E-state index contributed by atoms with van der Waals surface area (Å²) in [5.74, 6) is -0.0235. The summed E-state index contributed by atoms with van der Waals surface area (Å²) < 4.78 is 0. The summed E-state index contributed by atoms with van der Waals surface area (Å²) in [6.45, 7) is 4.81. The molecule has 4 heteroatoms. The Balaban J connectivity index is 2.47. The smallest absolute Gasteiger partial charge is 0.239 e. The first kappa shape index (κ1) is 11.5. The molecule has 1 aliphatic heterocycles. The van der Waals surface area contributed by atoms with Crippen LogP contribution >= 0.6 is 0 Å². The summed E-state index contributed by atoms with van der Waals surface area (Å²) >= 11 is 0. The van der Waals surface area contributed by atoms with Gasteiger partial charge in [0.25, 0.3) is 0 Å². The zero-order chi connectivity index (χ0) is 10.8. The third-order valence-electron chi connectivity index (χ3n) is 2.68. The minimum atomic E-state index is -0.721. The number of rotatable bonds is 3. The third kappa shape index (κ3) is 2.69. The Bertz CT molecular complexity index is 216. The number of likely N-dealkylation sites (tertiary alicyclic amines) is 1. The van der Waals surface area contributed by atoms with Crippen molar-refractivity contribution in [2.45, 2.75) is 44.8 Å². The van der Waals surface area contributed by atoms with Gasteiger partial charge in [0.1, 0.15) is 0 Å². The van der Waals surface area contributed by atoms with Crippen molar-refractivity contribution in [3.05, 3.63) is 0 Å². The number of carbonyl (C=O) groups is 1. The number of nitrogens with two attached hydrogens (primary N) is 1. The first-order chi connectivity index (χ1) is 6.46. The van der Waals surface area contributed by atoms with Crippen molar-refractivity contribution in [3.8, 4) is 0 Å². The molecule has 1 unspecified atom stereocenters. The summed E-state index contributed by atoms with van der Waals surface area (Å²) in [6.07, 6.45) is 2.28. The van der Waals surface area contributed by atoms with Crippen LogP contribution in [-0.2, 0) is 4.79 Å². The van der Waals surface area contributed by atoms with Gasteiger partial charge in [-0.1, -0.05) is 13.3 Å². The van der Waals surface area contributed by atoms with E-state index in [9.17, 15) is 9.90 Å². The van der Waals surface area contributed by atoms with E-state index in [-0.39, 0.29) is 5.91 Å². The van der Waals surface area contributed by atoms with Crippen molar-refractivity contribution in [2.24, 2.45) is 5.73 Å². The number of aliphatic hydroxyl groups is 1. The van der Waals surface area contributed by atoms with Crippen LogP contribution in [0, 0.1) is 0 Å². The molecule has 0 aromatic rings. The quantitative estimate of drug-likeness (QED) is 0.679. The second-order valence-corrected chi connectivity index (χ2v) is 4.40. The molecule has 14 heavy (non-hydrogen) atoms. The molecule has 4 nitrogen and oxygen atoms in total. The molecule has 1 fully saturated rings. The lowest BCUT2D eigenvalue weighted by molar-refractivity contribution is -0.132. The SMILES string of the molecule is CCC[C@H](N)C(=O)N1CCC(C)(O)C1. The molecule has 0 aromatic carbocycles. The van der Waals surface area contributed by atoms with Crippen LogP contribution in [0.4, 0.5) is 0 Å². The van der Waals surface area contributed by atoms with Gasteiger partial charge in [-0.25, -0.2) is 0 Å². The maximum atomic E-state index is 11.7. The van der Waals surface area contributed by atoms with Gasteiger partial charge in [-0.3, -0.25) is 4.79 Å². The number of nitrogens with zero attached hydrogens (tertiary/aromatic N) is 1. The molecule has 1 heterocycles. The Morgan fingerprint density at radius 1 is 1.71 bits per heavy atom. The van der Waals surface area contributed by atoms with Crippen LogP contribution in [0.1, 0.15) is 33.1 Å². The largest absolute Gasteiger partial charge is 0.388 e. The molecule has 0 aliphatic carbocycles. The Labute approximate surface area is 85.1 Å². The maximum Gasteiger partial charge on any atom is 0.239 e. The van der Waals surface area contributed by atoms with Gasteiger partial charge < -0.3 is 15.7 Å². The summed E-state index contributed by atoms with van der Waals surface area (Å²) in [5, 5.41) is 9.69. The highest BCUT2D eigenvalue weighted by Crippen LogP contribution is 2.20. The molecule has 1 aliphatic rings. The van der Waals surface area contributed by atoms with E-state index in [1.807, 2.05) is 6.92 Å². The number of β-amino-alcohol motifs (C(OH)–C–C–N with tert-alkyl or cyclic N) is 1. The van der Waals surface area contributed by atoms with E-state index in [1.54, 1.807) is 11.8 Å². The van der Waals surface area contributed by atoms with Crippen LogP contribution in [0.25, 0.3) is 0 Å². The molecule has 82 valence electrons. The van der Waals surface area contributed by atoms with Crippen molar-refractivity contribution in [2.75, 3.05) is 13.1 Å². The molecule has 0 radical (unpaired) electrons. The molecular formula is C10H20N2O2. The Morgan fingerprint density at radius 3 is 2.79 bits per heavy atom. The fourth-order valence-corrected chi connectivity index (χ4v) is 1.80. The van der Waals surface area contributed by atoms with Gasteiger partial charge in [0.05, 0.1) is 11.6 Å². The van der Waals surface area contributed by atoms with E-state index in [4.69, 9.17) is 5.73 Å². The number of amides is 1. The van der Waals surface area contributed by atoms with Crippen LogP contribution in [0.15, 0.2) is 0 Å². The topological polar surface area (TPSA) is 66.6 Å². The second-order valence-electron chi connectivity index (χ2n) is 4.40. The van der Waals surface area contributed by atoms with Crippen molar-refractivity contribution in [1.82, 2.24) is 4.90 Å².